The Hall–Kier alpha value is -1.83. The van der Waals surface area contributed by atoms with Gasteiger partial charge >= 0.3 is 0 Å². The quantitative estimate of drug-likeness (QED) is 0.662. The van der Waals surface area contributed by atoms with Crippen LogP contribution in [0.2, 0.25) is 5.02 Å². The van der Waals surface area contributed by atoms with E-state index in [9.17, 15) is 18.3 Å². The summed E-state index contributed by atoms with van der Waals surface area (Å²) in [6.07, 6.45) is 1.43. The van der Waals surface area contributed by atoms with Crippen LogP contribution in [0.15, 0.2) is 64.5 Å². The van der Waals surface area contributed by atoms with Crippen molar-refractivity contribution in [2.24, 2.45) is 0 Å². The first-order valence-corrected chi connectivity index (χ1v) is 9.28. The molecule has 24 heavy (non-hydrogen) atoms. The summed E-state index contributed by atoms with van der Waals surface area (Å²) in [5, 5.41) is 11.5. The van der Waals surface area contributed by atoms with Crippen LogP contribution in [-0.2, 0) is 10.0 Å². The molecule has 0 aliphatic heterocycles. The lowest BCUT2D eigenvalue weighted by molar-refractivity contribution is -0.255. The number of hydrogen-bond donors (Lipinski definition) is 0. The van der Waals surface area contributed by atoms with Crippen LogP contribution in [0.1, 0.15) is 10.4 Å². The molecule has 0 N–H and O–H groups in total. The lowest BCUT2D eigenvalue weighted by atomic mass is 10.2. The number of halogens is 2. The predicted molar refractivity (Wildman–Crippen MR) is 94.7 cm³/mol. The summed E-state index contributed by atoms with van der Waals surface area (Å²) in [5.41, 5.74) is 0.150. The van der Waals surface area contributed by atoms with Crippen molar-refractivity contribution in [1.82, 2.24) is 0 Å². The molecular weight excluding hydrogens is 418 g/mol. The zero-order valence-electron chi connectivity index (χ0n) is 12.3. The minimum atomic E-state index is -4.03. The van der Waals surface area contributed by atoms with Gasteiger partial charge in [-0.25, -0.2) is 8.42 Å². The zero-order valence-corrected chi connectivity index (χ0v) is 15.4. The molecule has 8 heteroatoms. The molecule has 2 rings (SSSR count). The molecule has 126 valence electrons. The fourth-order valence-corrected chi connectivity index (χ4v) is 4.53. The number of hydrogen-bond acceptors (Lipinski definition) is 4. The van der Waals surface area contributed by atoms with Gasteiger partial charge < -0.3 is 9.90 Å². The summed E-state index contributed by atoms with van der Waals surface area (Å²) in [5.74, 6) is -1.46. The molecule has 0 unspecified atom stereocenters. The zero-order chi connectivity index (χ0) is 17.9. The van der Waals surface area contributed by atoms with E-state index in [4.69, 9.17) is 11.6 Å². The fourth-order valence-electron chi connectivity index (χ4n) is 2.01. The first kappa shape index (κ1) is 18.5. The van der Waals surface area contributed by atoms with Gasteiger partial charge in [-0.05, 0) is 57.9 Å². The van der Waals surface area contributed by atoms with E-state index in [-0.39, 0.29) is 21.5 Å². The van der Waals surface area contributed by atoms with E-state index < -0.39 is 16.0 Å². The minimum Gasteiger partial charge on any atom is -0.545 e. The molecule has 0 spiro atoms. The summed E-state index contributed by atoms with van der Waals surface area (Å²) in [6.45, 7) is 3.58. The Morgan fingerprint density at radius 3 is 2.42 bits per heavy atom. The molecular formula is C16H12BrClNO4S-. The van der Waals surface area contributed by atoms with Crippen LogP contribution in [0.25, 0.3) is 0 Å². The average Bonchev–Trinajstić information content (AvgIpc) is 2.53. The third kappa shape index (κ3) is 3.80. The monoisotopic (exact) mass is 428 g/mol. The van der Waals surface area contributed by atoms with Gasteiger partial charge in [0.25, 0.3) is 10.0 Å². The largest absolute Gasteiger partial charge is 0.545 e. The van der Waals surface area contributed by atoms with Crippen LogP contribution in [0.4, 0.5) is 5.69 Å². The third-order valence-corrected chi connectivity index (χ3v) is 6.18. The molecule has 2 aromatic carbocycles. The lowest BCUT2D eigenvalue weighted by Crippen LogP contribution is -2.32. The highest BCUT2D eigenvalue weighted by Crippen LogP contribution is 2.30. The van der Waals surface area contributed by atoms with Gasteiger partial charge in [0.05, 0.1) is 18.2 Å². The number of benzene rings is 2. The van der Waals surface area contributed by atoms with E-state index in [1.54, 1.807) is 24.3 Å². The molecule has 5 nitrogen and oxygen atoms in total. The van der Waals surface area contributed by atoms with E-state index >= 15 is 0 Å². The van der Waals surface area contributed by atoms with Gasteiger partial charge in [0.2, 0.25) is 0 Å². The molecule has 0 fully saturated rings. The molecule has 0 amide bonds. The molecule has 0 radical (unpaired) electrons. The number of aromatic carboxylic acids is 1. The van der Waals surface area contributed by atoms with Gasteiger partial charge in [-0.15, -0.1) is 6.58 Å². The summed E-state index contributed by atoms with van der Waals surface area (Å²) in [6, 6.07) is 9.91. The number of carboxylic acids is 1. The Morgan fingerprint density at radius 2 is 1.88 bits per heavy atom. The van der Waals surface area contributed by atoms with Crippen molar-refractivity contribution in [3.63, 3.8) is 0 Å². The lowest BCUT2D eigenvalue weighted by Gasteiger charge is -2.24. The van der Waals surface area contributed by atoms with Gasteiger partial charge in [-0.3, -0.25) is 4.31 Å². The number of carboxylic acid groups (broad SMARTS) is 1. The second-order valence-corrected chi connectivity index (χ2v) is 7.86. The molecule has 0 atom stereocenters. The Morgan fingerprint density at radius 1 is 1.25 bits per heavy atom. The van der Waals surface area contributed by atoms with Gasteiger partial charge in [0.15, 0.2) is 0 Å². The van der Waals surface area contributed by atoms with Gasteiger partial charge in [0.1, 0.15) is 4.90 Å². The minimum absolute atomic E-state index is 0.00591. The Balaban J connectivity index is 2.60. The first-order valence-electron chi connectivity index (χ1n) is 6.67. The molecule has 0 aliphatic carbocycles. The van der Waals surface area contributed by atoms with E-state index in [2.05, 4.69) is 22.5 Å². The summed E-state index contributed by atoms with van der Waals surface area (Å²) in [4.78, 5) is 10.8. The number of sulfonamides is 1. The highest BCUT2D eigenvalue weighted by Gasteiger charge is 2.26. The van der Waals surface area contributed by atoms with Crippen LogP contribution in [-0.4, -0.2) is 20.9 Å². The van der Waals surface area contributed by atoms with E-state index in [1.165, 1.54) is 18.2 Å². The Kier molecular flexibility index (Phi) is 5.69. The summed E-state index contributed by atoms with van der Waals surface area (Å²) >= 11 is 8.99. The van der Waals surface area contributed by atoms with Gasteiger partial charge in [-0.2, -0.15) is 0 Å². The van der Waals surface area contributed by atoms with Crippen LogP contribution < -0.4 is 9.41 Å². The normalized spacial score (nSPS) is 11.1. The first-order chi connectivity index (χ1) is 11.3. The smallest absolute Gasteiger partial charge is 0.265 e. The standard InChI is InChI=1S/C16H13BrClNO4S/c1-2-9-19(13-6-4-12(18)5-7-13)24(22,23)15-10-11(16(20)21)3-8-14(15)17/h2-8,10H,1,9H2,(H,20,21)/p-1. The SMILES string of the molecule is C=CCN(c1ccc(Cl)cc1)S(=O)(=O)c1cc(C(=O)[O-])ccc1Br. The van der Waals surface area contributed by atoms with Gasteiger partial charge in [0, 0.05) is 9.50 Å². The number of anilines is 1. The second-order valence-electron chi connectivity index (χ2n) is 4.73. The van der Waals surface area contributed by atoms with E-state index in [0.717, 1.165) is 10.4 Å². The fraction of sp³-hybridized carbons (Fsp3) is 0.0625. The van der Waals surface area contributed by atoms with Crippen molar-refractivity contribution < 1.29 is 18.3 Å². The van der Waals surface area contributed by atoms with Crippen molar-refractivity contribution in [2.75, 3.05) is 10.8 Å². The van der Waals surface area contributed by atoms with Crippen LogP contribution in [0, 0.1) is 0 Å². The molecule has 0 heterocycles. The summed E-state index contributed by atoms with van der Waals surface area (Å²) < 4.78 is 27.4. The molecule has 0 saturated heterocycles. The predicted octanol–water partition coefficient (Wildman–Crippen LogP) is 2.85. The Bertz CT molecular complexity index is 881. The maximum Gasteiger partial charge on any atom is 0.265 e. The van der Waals surface area contributed by atoms with Gasteiger partial charge in [-0.1, -0.05) is 23.7 Å². The van der Waals surface area contributed by atoms with Crippen LogP contribution in [0.3, 0.4) is 0 Å². The van der Waals surface area contributed by atoms with Crippen LogP contribution in [0.5, 0.6) is 0 Å². The second kappa shape index (κ2) is 7.38. The third-order valence-electron chi connectivity index (χ3n) is 3.14. The summed E-state index contributed by atoms with van der Waals surface area (Å²) in [7, 11) is -4.03. The van der Waals surface area contributed by atoms with Crippen molar-refractivity contribution >= 4 is 49.2 Å². The number of rotatable bonds is 6. The molecule has 0 saturated carbocycles. The Labute approximate surface area is 153 Å². The molecule has 2 aromatic rings. The van der Waals surface area contributed by atoms with Crippen molar-refractivity contribution in [3.8, 4) is 0 Å². The maximum atomic E-state index is 13.0. The highest BCUT2D eigenvalue weighted by molar-refractivity contribution is 9.10. The van der Waals surface area contributed by atoms with Crippen molar-refractivity contribution in [1.29, 1.82) is 0 Å². The van der Waals surface area contributed by atoms with Crippen molar-refractivity contribution in [3.05, 3.63) is 70.2 Å². The number of carbonyl (C=O) groups is 1. The van der Waals surface area contributed by atoms with Crippen LogP contribution >= 0.6 is 27.5 Å². The highest BCUT2D eigenvalue weighted by atomic mass is 79.9. The topological polar surface area (TPSA) is 77.5 Å². The molecule has 0 bridgehead atoms. The van der Waals surface area contributed by atoms with E-state index in [0.29, 0.717) is 10.7 Å². The molecule has 0 aromatic heterocycles. The maximum absolute atomic E-state index is 13.0. The average molecular weight is 430 g/mol. The van der Waals surface area contributed by atoms with E-state index in [1.807, 2.05) is 0 Å². The van der Waals surface area contributed by atoms with Crippen molar-refractivity contribution in [2.45, 2.75) is 4.90 Å². The number of nitrogens with zero attached hydrogens (tertiary/aromatic N) is 1. The molecule has 0 aliphatic rings. The number of carbonyl (C=O) groups excluding carboxylic acids is 1.